The number of aromatic nitrogens is 7. The first-order chi connectivity index (χ1) is 17.6. The summed E-state index contributed by atoms with van der Waals surface area (Å²) in [6.45, 7) is 2.02. The van der Waals surface area contributed by atoms with Gasteiger partial charge in [-0.15, -0.1) is 0 Å². The Hall–Kier alpha value is -4.35. The fraction of sp³-hybridized carbons (Fsp3) is 0.400. The number of rotatable bonds is 7. The van der Waals surface area contributed by atoms with E-state index < -0.39 is 6.04 Å². The molecule has 1 atom stereocenters. The second-order valence-electron chi connectivity index (χ2n) is 9.12. The third-order valence-corrected chi connectivity index (χ3v) is 6.69. The van der Waals surface area contributed by atoms with Gasteiger partial charge in [0.25, 0.3) is 0 Å². The molecular formula is C25H26N10O. The first-order valence-corrected chi connectivity index (χ1v) is 12.0. The standard InChI is InChI=1S/C25H26N10O/c1-16(10-26)32-22-9-23(35-25-19(13-31-35)8-18(11-27)12-29-25)28-14-21(22)24-30-15-34(33-24)20-4-2-17(3-5-20)6-7-36/h8-9,12-17,20,36H,2-7H2,1H3,(H,28,32)/t16-,17?,20?/m1/s1. The minimum atomic E-state index is -0.450. The molecular weight excluding hydrogens is 456 g/mol. The van der Waals surface area contributed by atoms with Crippen molar-refractivity contribution in [2.75, 3.05) is 11.9 Å². The van der Waals surface area contributed by atoms with Gasteiger partial charge in [0.1, 0.15) is 18.4 Å². The molecule has 11 heteroatoms. The largest absolute Gasteiger partial charge is 0.396 e. The summed E-state index contributed by atoms with van der Waals surface area (Å²) in [5.74, 6) is 1.62. The van der Waals surface area contributed by atoms with Gasteiger partial charge in [-0.1, -0.05) is 0 Å². The second-order valence-corrected chi connectivity index (χ2v) is 9.12. The molecule has 0 amide bonds. The smallest absolute Gasteiger partial charge is 0.184 e. The van der Waals surface area contributed by atoms with Gasteiger partial charge in [0.2, 0.25) is 0 Å². The summed E-state index contributed by atoms with van der Waals surface area (Å²) in [7, 11) is 0. The first kappa shape index (κ1) is 23.4. The molecule has 4 aromatic heterocycles. The van der Waals surface area contributed by atoms with E-state index in [2.05, 4.69) is 37.5 Å². The molecule has 182 valence electrons. The summed E-state index contributed by atoms with van der Waals surface area (Å²) < 4.78 is 3.52. The maximum atomic E-state index is 9.40. The van der Waals surface area contributed by atoms with E-state index in [-0.39, 0.29) is 12.6 Å². The van der Waals surface area contributed by atoms with Gasteiger partial charge < -0.3 is 10.4 Å². The minimum absolute atomic E-state index is 0.244. The van der Waals surface area contributed by atoms with Crippen LogP contribution >= 0.6 is 0 Å². The van der Waals surface area contributed by atoms with Crippen LogP contribution in [0.4, 0.5) is 5.69 Å². The molecule has 2 N–H and O–H groups in total. The normalized spacial score (nSPS) is 18.4. The van der Waals surface area contributed by atoms with Crippen molar-refractivity contribution in [3.63, 3.8) is 0 Å². The van der Waals surface area contributed by atoms with E-state index in [1.807, 2.05) is 4.68 Å². The van der Waals surface area contributed by atoms with Crippen molar-refractivity contribution in [3.8, 4) is 29.3 Å². The van der Waals surface area contributed by atoms with E-state index in [1.54, 1.807) is 42.5 Å². The number of aliphatic hydroxyl groups excluding tert-OH is 1. The highest BCUT2D eigenvalue weighted by molar-refractivity contribution is 5.79. The Labute approximate surface area is 208 Å². The van der Waals surface area contributed by atoms with Crippen LogP contribution in [-0.4, -0.2) is 52.3 Å². The number of nitrogens with one attached hydrogen (secondary N) is 1. The summed E-state index contributed by atoms with van der Waals surface area (Å²) >= 11 is 0. The van der Waals surface area contributed by atoms with E-state index >= 15 is 0 Å². The molecule has 1 saturated carbocycles. The van der Waals surface area contributed by atoms with Gasteiger partial charge in [-0.05, 0) is 51.0 Å². The van der Waals surface area contributed by atoms with E-state index in [9.17, 15) is 10.4 Å². The Kier molecular flexibility index (Phi) is 6.56. The quantitative estimate of drug-likeness (QED) is 0.403. The highest BCUT2D eigenvalue weighted by Gasteiger charge is 2.24. The Morgan fingerprint density at radius 1 is 1.11 bits per heavy atom. The zero-order chi connectivity index (χ0) is 25.1. The Bertz CT molecular complexity index is 1450. The van der Waals surface area contributed by atoms with Gasteiger partial charge in [0.05, 0.1) is 35.1 Å². The van der Waals surface area contributed by atoms with Crippen LogP contribution in [0.5, 0.6) is 0 Å². The van der Waals surface area contributed by atoms with Crippen molar-refractivity contribution in [2.24, 2.45) is 5.92 Å². The molecule has 0 unspecified atom stereocenters. The molecule has 4 heterocycles. The van der Waals surface area contributed by atoms with Crippen molar-refractivity contribution in [2.45, 2.75) is 51.1 Å². The van der Waals surface area contributed by atoms with Crippen molar-refractivity contribution in [3.05, 3.63) is 42.6 Å². The van der Waals surface area contributed by atoms with Crippen LogP contribution in [0, 0.1) is 28.6 Å². The lowest BCUT2D eigenvalue weighted by molar-refractivity contribution is 0.202. The summed E-state index contributed by atoms with van der Waals surface area (Å²) in [6, 6.07) is 7.64. The zero-order valence-electron chi connectivity index (χ0n) is 19.9. The van der Waals surface area contributed by atoms with Gasteiger partial charge in [0, 0.05) is 30.5 Å². The summed E-state index contributed by atoms with van der Waals surface area (Å²) in [5, 5.41) is 40.9. The maximum Gasteiger partial charge on any atom is 0.184 e. The number of hydrogen-bond acceptors (Lipinski definition) is 9. The number of hydrogen-bond donors (Lipinski definition) is 2. The maximum absolute atomic E-state index is 9.40. The summed E-state index contributed by atoms with van der Waals surface area (Å²) in [4.78, 5) is 13.5. The number of fused-ring (bicyclic) bond motifs is 1. The molecule has 5 rings (SSSR count). The van der Waals surface area contributed by atoms with E-state index in [0.717, 1.165) is 37.5 Å². The highest BCUT2D eigenvalue weighted by Crippen LogP contribution is 2.34. The number of aliphatic hydroxyl groups is 1. The molecule has 1 aliphatic carbocycles. The fourth-order valence-electron chi connectivity index (χ4n) is 4.73. The molecule has 0 aromatic carbocycles. The number of anilines is 1. The van der Waals surface area contributed by atoms with Crippen molar-refractivity contribution >= 4 is 16.7 Å². The lowest BCUT2D eigenvalue weighted by atomic mass is 9.84. The van der Waals surface area contributed by atoms with Crippen LogP contribution in [-0.2, 0) is 0 Å². The van der Waals surface area contributed by atoms with Gasteiger partial charge in [-0.2, -0.15) is 25.4 Å². The minimum Gasteiger partial charge on any atom is -0.396 e. The number of pyridine rings is 2. The molecule has 0 aliphatic heterocycles. The molecule has 1 fully saturated rings. The van der Waals surface area contributed by atoms with E-state index in [1.165, 1.54) is 6.20 Å². The second kappa shape index (κ2) is 10.1. The molecule has 36 heavy (non-hydrogen) atoms. The molecule has 0 saturated heterocycles. The van der Waals surface area contributed by atoms with Crippen LogP contribution in [0.25, 0.3) is 28.2 Å². The van der Waals surface area contributed by atoms with Crippen LogP contribution in [0.3, 0.4) is 0 Å². The van der Waals surface area contributed by atoms with Crippen molar-refractivity contribution < 1.29 is 5.11 Å². The average Bonchev–Trinajstić information content (AvgIpc) is 3.56. The van der Waals surface area contributed by atoms with Crippen LogP contribution in [0.2, 0.25) is 0 Å². The topological polar surface area (TPSA) is 154 Å². The molecule has 1 aliphatic rings. The van der Waals surface area contributed by atoms with Gasteiger partial charge in [0.15, 0.2) is 17.3 Å². The van der Waals surface area contributed by atoms with Crippen molar-refractivity contribution in [1.29, 1.82) is 10.5 Å². The number of nitrogens with zero attached hydrogens (tertiary/aromatic N) is 9. The van der Waals surface area contributed by atoms with E-state index in [0.29, 0.717) is 40.0 Å². The van der Waals surface area contributed by atoms with Gasteiger partial charge in [-0.3, -0.25) is 0 Å². The Balaban J connectivity index is 1.46. The summed E-state index contributed by atoms with van der Waals surface area (Å²) in [6.07, 6.45) is 11.6. The van der Waals surface area contributed by atoms with Gasteiger partial charge in [-0.25, -0.2) is 19.6 Å². The molecule has 0 spiro atoms. The van der Waals surface area contributed by atoms with Crippen molar-refractivity contribution in [1.82, 2.24) is 34.5 Å². The van der Waals surface area contributed by atoms with Crippen LogP contribution in [0.15, 0.2) is 37.1 Å². The monoisotopic (exact) mass is 482 g/mol. The molecule has 4 aromatic rings. The van der Waals surface area contributed by atoms with E-state index in [4.69, 9.17) is 10.4 Å². The SMILES string of the molecule is C[C@H](C#N)Nc1cc(-n2ncc3cc(C#N)cnc32)ncc1-c1ncn(C2CCC(CCO)CC2)n1. The molecule has 0 radical (unpaired) electrons. The van der Waals surface area contributed by atoms with Crippen LogP contribution in [0.1, 0.15) is 50.6 Å². The Morgan fingerprint density at radius 3 is 2.69 bits per heavy atom. The highest BCUT2D eigenvalue weighted by atomic mass is 16.3. The third-order valence-electron chi connectivity index (χ3n) is 6.69. The fourth-order valence-corrected chi connectivity index (χ4v) is 4.73. The lowest BCUT2D eigenvalue weighted by Crippen LogP contribution is -2.19. The predicted octanol–water partition coefficient (Wildman–Crippen LogP) is 3.38. The summed E-state index contributed by atoms with van der Waals surface area (Å²) in [5.41, 5.74) is 2.38. The lowest BCUT2D eigenvalue weighted by Gasteiger charge is -2.27. The molecule has 11 nitrogen and oxygen atoms in total. The zero-order valence-corrected chi connectivity index (χ0v) is 19.9. The Morgan fingerprint density at radius 2 is 1.94 bits per heavy atom. The molecule has 0 bridgehead atoms. The van der Waals surface area contributed by atoms with Gasteiger partial charge >= 0.3 is 0 Å². The van der Waals surface area contributed by atoms with Crippen LogP contribution < -0.4 is 5.32 Å². The number of nitriles is 2. The predicted molar refractivity (Wildman–Crippen MR) is 132 cm³/mol. The first-order valence-electron chi connectivity index (χ1n) is 12.0. The third kappa shape index (κ3) is 4.61. The average molecular weight is 483 g/mol.